The van der Waals surface area contributed by atoms with E-state index in [9.17, 15) is 13.6 Å². The van der Waals surface area contributed by atoms with Gasteiger partial charge >= 0.3 is 5.97 Å². The van der Waals surface area contributed by atoms with Crippen LogP contribution in [0.25, 0.3) is 0 Å². The molecule has 0 saturated carbocycles. The minimum Gasteiger partial charge on any atom is -0.476 e. The molecular formula is C9H5ClF2N2O2. The van der Waals surface area contributed by atoms with Crippen LogP contribution in [0.5, 0.6) is 0 Å². The molecule has 16 heavy (non-hydrogen) atoms. The van der Waals surface area contributed by atoms with Crippen LogP contribution < -0.4 is 0 Å². The van der Waals surface area contributed by atoms with E-state index in [-0.39, 0.29) is 17.1 Å². The van der Waals surface area contributed by atoms with Crippen LogP contribution in [0, 0.1) is 11.3 Å². The van der Waals surface area contributed by atoms with Gasteiger partial charge in [-0.15, -0.1) is 11.6 Å². The predicted molar refractivity (Wildman–Crippen MR) is 50.4 cm³/mol. The Morgan fingerprint density at radius 1 is 1.69 bits per heavy atom. The highest BCUT2D eigenvalue weighted by Gasteiger charge is 2.22. The molecular weight excluding hydrogens is 242 g/mol. The van der Waals surface area contributed by atoms with Crippen molar-refractivity contribution in [2.45, 2.75) is 12.3 Å². The number of carboxylic acids is 1. The van der Waals surface area contributed by atoms with Crippen molar-refractivity contribution in [1.29, 1.82) is 5.26 Å². The molecule has 0 amide bonds. The third-order valence-electron chi connectivity index (χ3n) is 1.82. The van der Waals surface area contributed by atoms with E-state index in [1.807, 2.05) is 0 Å². The summed E-state index contributed by atoms with van der Waals surface area (Å²) < 4.78 is 25.0. The molecule has 0 aromatic carbocycles. The van der Waals surface area contributed by atoms with Crippen molar-refractivity contribution >= 4 is 17.6 Å². The van der Waals surface area contributed by atoms with Gasteiger partial charge in [-0.25, -0.2) is 18.6 Å². The standard InChI is InChI=1S/C9H5ClF2N2O2/c10-2-4-1-5(8(11)12)7(9(15)16)14-6(4)3-13/h1,8H,2H2,(H,15,16). The zero-order chi connectivity index (χ0) is 12.3. The Morgan fingerprint density at radius 2 is 2.31 bits per heavy atom. The molecule has 84 valence electrons. The molecule has 1 heterocycles. The zero-order valence-electron chi connectivity index (χ0n) is 7.75. The lowest BCUT2D eigenvalue weighted by molar-refractivity contribution is 0.0677. The van der Waals surface area contributed by atoms with Crippen molar-refractivity contribution in [1.82, 2.24) is 4.98 Å². The molecule has 7 heteroatoms. The molecule has 0 aliphatic rings. The Hall–Kier alpha value is -1.74. The first-order valence-electron chi connectivity index (χ1n) is 4.02. The summed E-state index contributed by atoms with van der Waals surface area (Å²) in [5, 5.41) is 17.3. The molecule has 1 N–H and O–H groups in total. The fourth-order valence-electron chi connectivity index (χ4n) is 1.11. The molecule has 0 spiro atoms. The van der Waals surface area contributed by atoms with Crippen molar-refractivity contribution in [3.63, 3.8) is 0 Å². The van der Waals surface area contributed by atoms with Gasteiger partial charge in [-0.05, 0) is 6.07 Å². The molecule has 4 nitrogen and oxygen atoms in total. The molecule has 0 bridgehead atoms. The average Bonchev–Trinajstić information content (AvgIpc) is 2.26. The van der Waals surface area contributed by atoms with Crippen LogP contribution in [0.3, 0.4) is 0 Å². The lowest BCUT2D eigenvalue weighted by Crippen LogP contribution is -2.09. The number of pyridine rings is 1. The van der Waals surface area contributed by atoms with Crippen molar-refractivity contribution in [2.24, 2.45) is 0 Å². The van der Waals surface area contributed by atoms with Gasteiger partial charge < -0.3 is 5.11 Å². The minimum absolute atomic E-state index is 0.0875. The normalized spacial score (nSPS) is 10.2. The monoisotopic (exact) mass is 246 g/mol. The lowest BCUT2D eigenvalue weighted by Gasteiger charge is -2.07. The van der Waals surface area contributed by atoms with E-state index in [2.05, 4.69) is 4.98 Å². The summed E-state index contributed by atoms with van der Waals surface area (Å²) in [5.74, 6) is -1.79. The van der Waals surface area contributed by atoms with E-state index >= 15 is 0 Å². The minimum atomic E-state index is -2.98. The fourth-order valence-corrected chi connectivity index (χ4v) is 1.31. The molecule has 0 fully saturated rings. The first-order chi connectivity index (χ1) is 7.51. The molecule has 1 aromatic heterocycles. The number of nitrogens with zero attached hydrogens (tertiary/aromatic N) is 2. The molecule has 1 rings (SSSR count). The Bertz CT molecular complexity index is 471. The largest absolute Gasteiger partial charge is 0.476 e. The maximum Gasteiger partial charge on any atom is 0.355 e. The van der Waals surface area contributed by atoms with E-state index in [0.717, 1.165) is 6.07 Å². The van der Waals surface area contributed by atoms with Gasteiger partial charge in [0.2, 0.25) is 0 Å². The van der Waals surface area contributed by atoms with Gasteiger partial charge in [-0.3, -0.25) is 0 Å². The smallest absolute Gasteiger partial charge is 0.355 e. The number of rotatable bonds is 3. The SMILES string of the molecule is N#Cc1nc(C(=O)O)c(C(F)F)cc1CCl. The summed E-state index contributed by atoms with van der Waals surface area (Å²) in [6, 6.07) is 2.50. The summed E-state index contributed by atoms with van der Waals surface area (Å²) in [4.78, 5) is 14.0. The second-order valence-electron chi connectivity index (χ2n) is 2.79. The summed E-state index contributed by atoms with van der Waals surface area (Å²) >= 11 is 5.44. The summed E-state index contributed by atoms with van der Waals surface area (Å²) in [6.45, 7) is 0. The number of alkyl halides is 3. The third-order valence-corrected chi connectivity index (χ3v) is 2.11. The number of carboxylic acid groups (broad SMARTS) is 1. The van der Waals surface area contributed by atoms with E-state index < -0.39 is 23.7 Å². The van der Waals surface area contributed by atoms with Crippen molar-refractivity contribution in [3.8, 4) is 6.07 Å². The van der Waals surface area contributed by atoms with Crippen molar-refractivity contribution in [2.75, 3.05) is 0 Å². The first-order valence-corrected chi connectivity index (χ1v) is 4.56. The number of nitriles is 1. The molecule has 0 aliphatic heterocycles. The first kappa shape index (κ1) is 12.3. The number of halogens is 3. The lowest BCUT2D eigenvalue weighted by atomic mass is 10.1. The molecule has 0 saturated heterocycles. The summed E-state index contributed by atoms with van der Waals surface area (Å²) in [6.07, 6.45) is -2.98. The van der Waals surface area contributed by atoms with Crippen LogP contribution in [0.4, 0.5) is 8.78 Å². The van der Waals surface area contributed by atoms with Crippen LogP contribution >= 0.6 is 11.6 Å². The number of carbonyl (C=O) groups is 1. The quantitative estimate of drug-likeness (QED) is 0.831. The number of hydrogen-bond donors (Lipinski definition) is 1. The number of hydrogen-bond acceptors (Lipinski definition) is 3. The zero-order valence-corrected chi connectivity index (χ0v) is 8.50. The topological polar surface area (TPSA) is 74.0 Å². The van der Waals surface area contributed by atoms with Crippen molar-refractivity contribution < 1.29 is 18.7 Å². The Morgan fingerprint density at radius 3 is 2.69 bits per heavy atom. The van der Waals surface area contributed by atoms with Gasteiger partial charge in [0, 0.05) is 5.56 Å². The molecule has 1 aromatic rings. The van der Waals surface area contributed by atoms with E-state index in [1.54, 1.807) is 6.07 Å². The van der Waals surface area contributed by atoms with Gasteiger partial charge in [0.25, 0.3) is 6.43 Å². The van der Waals surface area contributed by atoms with Gasteiger partial charge in [0.1, 0.15) is 11.8 Å². The summed E-state index contributed by atoms with van der Waals surface area (Å²) in [5.41, 5.74) is -1.72. The van der Waals surface area contributed by atoms with E-state index in [4.69, 9.17) is 22.0 Å². The third kappa shape index (κ3) is 2.25. The van der Waals surface area contributed by atoms with Gasteiger partial charge in [-0.1, -0.05) is 0 Å². The van der Waals surface area contributed by atoms with Crippen LogP contribution in [-0.4, -0.2) is 16.1 Å². The average molecular weight is 247 g/mol. The van der Waals surface area contributed by atoms with Crippen LogP contribution in [0.1, 0.15) is 33.7 Å². The van der Waals surface area contributed by atoms with Crippen LogP contribution in [0.2, 0.25) is 0 Å². The predicted octanol–water partition coefficient (Wildman–Crippen LogP) is 2.33. The van der Waals surface area contributed by atoms with Gasteiger partial charge in [0.15, 0.2) is 5.69 Å². The van der Waals surface area contributed by atoms with Crippen LogP contribution in [-0.2, 0) is 5.88 Å². The maximum absolute atomic E-state index is 12.5. The molecule has 0 radical (unpaired) electrons. The highest BCUT2D eigenvalue weighted by Crippen LogP contribution is 2.25. The summed E-state index contributed by atoms with van der Waals surface area (Å²) in [7, 11) is 0. The highest BCUT2D eigenvalue weighted by atomic mass is 35.5. The Labute approximate surface area is 94.1 Å². The van der Waals surface area contributed by atoms with E-state index in [1.165, 1.54) is 0 Å². The fraction of sp³-hybridized carbons (Fsp3) is 0.222. The van der Waals surface area contributed by atoms with Crippen molar-refractivity contribution in [3.05, 3.63) is 28.6 Å². The van der Waals surface area contributed by atoms with Crippen LogP contribution in [0.15, 0.2) is 6.07 Å². The van der Waals surface area contributed by atoms with Gasteiger partial charge in [-0.2, -0.15) is 5.26 Å². The molecule has 0 aliphatic carbocycles. The number of aromatic nitrogens is 1. The van der Waals surface area contributed by atoms with E-state index in [0.29, 0.717) is 0 Å². The maximum atomic E-state index is 12.5. The second kappa shape index (κ2) is 4.86. The number of aromatic carboxylic acids is 1. The second-order valence-corrected chi connectivity index (χ2v) is 3.05. The highest BCUT2D eigenvalue weighted by molar-refractivity contribution is 6.17. The molecule has 0 unspecified atom stereocenters. The Balaban J connectivity index is 3.49. The van der Waals surface area contributed by atoms with Gasteiger partial charge in [0.05, 0.1) is 11.4 Å². The Kier molecular flexibility index (Phi) is 3.74. The molecule has 0 atom stereocenters.